The molecule has 0 radical (unpaired) electrons. The smallest absolute Gasteiger partial charge is 0.303 e. The molecule has 5 nitrogen and oxygen atoms in total. The van der Waals surface area contributed by atoms with Crippen molar-refractivity contribution in [2.75, 3.05) is 13.2 Å². The van der Waals surface area contributed by atoms with Crippen LogP contribution in [0.1, 0.15) is 49.4 Å². The van der Waals surface area contributed by atoms with Crippen molar-refractivity contribution in [2.24, 2.45) is 0 Å². The van der Waals surface area contributed by atoms with E-state index >= 15 is 0 Å². The highest BCUT2D eigenvalue weighted by molar-refractivity contribution is 5.94. The lowest BCUT2D eigenvalue weighted by atomic mass is 10.2. The standard InChI is InChI=1S/C16H23NO4/c1-2-3-4-12-21-14-9-7-13(8-10-14)16(20)17-11-5-6-15(18)19/h7-10H,2-6,11-12H2,1H3,(H,17,20)(H,18,19). The predicted octanol–water partition coefficient (Wildman–Crippen LogP) is 2.85. The van der Waals surface area contributed by atoms with Gasteiger partial charge in [0.05, 0.1) is 6.61 Å². The van der Waals surface area contributed by atoms with Crippen LogP contribution in [0, 0.1) is 0 Å². The molecule has 0 saturated carbocycles. The third-order valence-electron chi connectivity index (χ3n) is 2.99. The molecule has 5 heteroatoms. The van der Waals surface area contributed by atoms with E-state index in [2.05, 4.69) is 12.2 Å². The van der Waals surface area contributed by atoms with Crippen LogP contribution in [0.5, 0.6) is 5.75 Å². The van der Waals surface area contributed by atoms with Gasteiger partial charge >= 0.3 is 5.97 Å². The predicted molar refractivity (Wildman–Crippen MR) is 80.7 cm³/mol. The van der Waals surface area contributed by atoms with E-state index in [1.54, 1.807) is 24.3 Å². The van der Waals surface area contributed by atoms with E-state index in [0.29, 0.717) is 25.1 Å². The second-order valence-corrected chi connectivity index (χ2v) is 4.83. The first-order valence-electron chi connectivity index (χ1n) is 7.36. The Kier molecular flexibility index (Phi) is 7.94. The molecule has 0 aromatic heterocycles. The van der Waals surface area contributed by atoms with Crippen molar-refractivity contribution in [3.8, 4) is 5.75 Å². The van der Waals surface area contributed by atoms with Crippen LogP contribution in [0.3, 0.4) is 0 Å². The molecule has 1 rings (SSSR count). The SMILES string of the molecule is CCCCCOc1ccc(C(=O)NCCCC(=O)O)cc1. The number of unbranched alkanes of at least 4 members (excludes halogenated alkanes) is 2. The molecule has 0 aliphatic heterocycles. The van der Waals surface area contributed by atoms with Gasteiger partial charge in [0.15, 0.2) is 0 Å². The van der Waals surface area contributed by atoms with Gasteiger partial charge in [-0.1, -0.05) is 19.8 Å². The summed E-state index contributed by atoms with van der Waals surface area (Å²) in [4.78, 5) is 22.2. The molecule has 0 heterocycles. The molecule has 0 fully saturated rings. The topological polar surface area (TPSA) is 75.6 Å². The highest BCUT2D eigenvalue weighted by Crippen LogP contribution is 2.13. The Morgan fingerprint density at radius 3 is 2.48 bits per heavy atom. The van der Waals surface area contributed by atoms with Crippen LogP contribution in [0.2, 0.25) is 0 Å². The zero-order valence-electron chi connectivity index (χ0n) is 12.4. The Morgan fingerprint density at radius 1 is 1.14 bits per heavy atom. The van der Waals surface area contributed by atoms with Crippen molar-refractivity contribution < 1.29 is 19.4 Å². The molecule has 0 unspecified atom stereocenters. The second kappa shape index (κ2) is 9.80. The van der Waals surface area contributed by atoms with Gasteiger partial charge < -0.3 is 15.2 Å². The van der Waals surface area contributed by atoms with Crippen molar-refractivity contribution in [1.82, 2.24) is 5.32 Å². The first kappa shape index (κ1) is 17.0. The molecule has 0 spiro atoms. The first-order valence-corrected chi connectivity index (χ1v) is 7.36. The number of carboxylic acids is 1. The zero-order chi connectivity index (χ0) is 15.5. The van der Waals surface area contributed by atoms with Crippen LogP contribution in [-0.2, 0) is 4.79 Å². The fraction of sp³-hybridized carbons (Fsp3) is 0.500. The Hall–Kier alpha value is -2.04. The minimum atomic E-state index is -0.853. The van der Waals surface area contributed by atoms with Crippen molar-refractivity contribution in [1.29, 1.82) is 0 Å². The molecule has 1 aromatic carbocycles. The van der Waals surface area contributed by atoms with Gasteiger partial charge in [0.25, 0.3) is 5.91 Å². The second-order valence-electron chi connectivity index (χ2n) is 4.83. The largest absolute Gasteiger partial charge is 0.494 e. The van der Waals surface area contributed by atoms with Crippen LogP contribution < -0.4 is 10.1 Å². The van der Waals surface area contributed by atoms with Gasteiger partial charge in [-0.25, -0.2) is 0 Å². The molecular formula is C16H23NO4. The number of carboxylic acid groups (broad SMARTS) is 1. The summed E-state index contributed by atoms with van der Waals surface area (Å²) in [6, 6.07) is 6.97. The van der Waals surface area contributed by atoms with Gasteiger partial charge in [-0.2, -0.15) is 0 Å². The maximum atomic E-state index is 11.8. The number of carbonyl (C=O) groups excluding carboxylic acids is 1. The van der Waals surface area contributed by atoms with Crippen molar-refractivity contribution in [3.63, 3.8) is 0 Å². The average Bonchev–Trinajstić information content (AvgIpc) is 2.48. The van der Waals surface area contributed by atoms with Crippen LogP contribution in [0.25, 0.3) is 0 Å². The molecular weight excluding hydrogens is 270 g/mol. The third kappa shape index (κ3) is 7.34. The van der Waals surface area contributed by atoms with Crippen molar-refractivity contribution >= 4 is 11.9 Å². The number of amides is 1. The van der Waals surface area contributed by atoms with E-state index in [-0.39, 0.29) is 12.3 Å². The number of hydrogen-bond donors (Lipinski definition) is 2. The summed E-state index contributed by atoms with van der Waals surface area (Å²) in [5.41, 5.74) is 0.547. The molecule has 0 aliphatic rings. The Bertz CT molecular complexity index is 442. The maximum absolute atomic E-state index is 11.8. The lowest BCUT2D eigenvalue weighted by Gasteiger charge is -2.07. The van der Waals surface area contributed by atoms with Crippen LogP contribution in [0.15, 0.2) is 24.3 Å². The molecule has 1 amide bonds. The number of carbonyl (C=O) groups is 2. The maximum Gasteiger partial charge on any atom is 0.303 e. The van der Waals surface area contributed by atoms with Crippen molar-refractivity contribution in [2.45, 2.75) is 39.0 Å². The Morgan fingerprint density at radius 2 is 1.86 bits per heavy atom. The van der Waals surface area contributed by atoms with E-state index in [9.17, 15) is 9.59 Å². The number of nitrogens with one attached hydrogen (secondary N) is 1. The quantitative estimate of drug-likeness (QED) is 0.650. The highest BCUT2D eigenvalue weighted by atomic mass is 16.5. The van der Waals surface area contributed by atoms with E-state index in [1.165, 1.54) is 0 Å². The fourth-order valence-corrected chi connectivity index (χ4v) is 1.79. The summed E-state index contributed by atoms with van der Waals surface area (Å²) < 4.78 is 5.57. The highest BCUT2D eigenvalue weighted by Gasteiger charge is 2.05. The third-order valence-corrected chi connectivity index (χ3v) is 2.99. The molecule has 0 aliphatic carbocycles. The molecule has 21 heavy (non-hydrogen) atoms. The summed E-state index contributed by atoms with van der Waals surface area (Å²) >= 11 is 0. The van der Waals surface area contributed by atoms with E-state index in [1.807, 2.05) is 0 Å². The van der Waals surface area contributed by atoms with Gasteiger partial charge in [-0.05, 0) is 37.1 Å². The Balaban J connectivity index is 2.31. The molecule has 2 N–H and O–H groups in total. The first-order chi connectivity index (χ1) is 10.1. The van der Waals surface area contributed by atoms with Crippen LogP contribution >= 0.6 is 0 Å². The van der Waals surface area contributed by atoms with Crippen LogP contribution in [0.4, 0.5) is 0 Å². The van der Waals surface area contributed by atoms with Gasteiger partial charge in [-0.15, -0.1) is 0 Å². The number of hydrogen-bond acceptors (Lipinski definition) is 3. The number of benzene rings is 1. The molecule has 1 aromatic rings. The molecule has 116 valence electrons. The molecule has 0 atom stereocenters. The normalized spacial score (nSPS) is 10.1. The number of ether oxygens (including phenoxy) is 1. The van der Waals surface area contributed by atoms with E-state index in [4.69, 9.17) is 9.84 Å². The summed E-state index contributed by atoms with van der Waals surface area (Å²) in [7, 11) is 0. The number of rotatable bonds is 10. The van der Waals surface area contributed by atoms with Gasteiger partial charge in [-0.3, -0.25) is 9.59 Å². The zero-order valence-corrected chi connectivity index (χ0v) is 12.4. The van der Waals surface area contributed by atoms with Gasteiger partial charge in [0, 0.05) is 18.5 Å². The van der Waals surface area contributed by atoms with Gasteiger partial charge in [0.1, 0.15) is 5.75 Å². The minimum absolute atomic E-state index is 0.0603. The van der Waals surface area contributed by atoms with E-state index < -0.39 is 5.97 Å². The summed E-state index contributed by atoms with van der Waals surface area (Å²) in [6.45, 7) is 3.19. The molecule has 0 bridgehead atoms. The Labute approximate surface area is 125 Å². The fourth-order valence-electron chi connectivity index (χ4n) is 1.79. The average molecular weight is 293 g/mol. The summed E-state index contributed by atoms with van der Waals surface area (Å²) in [5, 5.41) is 11.2. The van der Waals surface area contributed by atoms with Crippen molar-refractivity contribution in [3.05, 3.63) is 29.8 Å². The van der Waals surface area contributed by atoms with E-state index in [0.717, 1.165) is 25.0 Å². The monoisotopic (exact) mass is 293 g/mol. The van der Waals surface area contributed by atoms with Crippen LogP contribution in [-0.4, -0.2) is 30.1 Å². The van der Waals surface area contributed by atoms with Gasteiger partial charge in [0.2, 0.25) is 0 Å². The lowest BCUT2D eigenvalue weighted by molar-refractivity contribution is -0.137. The lowest BCUT2D eigenvalue weighted by Crippen LogP contribution is -2.24. The summed E-state index contributed by atoms with van der Waals surface area (Å²) in [5.74, 6) is -0.291. The summed E-state index contributed by atoms with van der Waals surface area (Å²) in [6.07, 6.45) is 3.83. The number of aliphatic carboxylic acids is 1. The minimum Gasteiger partial charge on any atom is -0.494 e. The molecule has 0 saturated heterocycles.